The minimum Gasteiger partial charge on any atom is -0.464 e. The van der Waals surface area contributed by atoms with Gasteiger partial charge in [0.15, 0.2) is 0 Å². The highest BCUT2D eigenvalue weighted by molar-refractivity contribution is 5.87. The van der Waals surface area contributed by atoms with Crippen LogP contribution >= 0.6 is 0 Å². The molecule has 0 aliphatic carbocycles. The molecular formula is C13H14N2O3. The number of H-pyrrole nitrogens is 1. The van der Waals surface area contributed by atoms with Crippen LogP contribution in [0.5, 0.6) is 0 Å². The molecule has 5 nitrogen and oxygen atoms in total. The summed E-state index contributed by atoms with van der Waals surface area (Å²) in [5, 5.41) is 2.58. The second-order valence-corrected chi connectivity index (χ2v) is 4.07. The zero-order valence-corrected chi connectivity index (χ0v) is 10.3. The highest BCUT2D eigenvalue weighted by Gasteiger charge is 2.13. The zero-order valence-electron chi connectivity index (χ0n) is 10.3. The highest BCUT2D eigenvalue weighted by Crippen LogP contribution is 2.07. The standard InChI is InChI=1S/C13H14N2O3/c1-9-3-5-10(6-4-9)8-15-11(13(17)18-2)7-12(16)14-15/h3-7H,8H2,1-2H3,(H,14,16). The number of benzene rings is 1. The number of carbonyl (C=O) groups is 1. The van der Waals surface area contributed by atoms with E-state index in [1.165, 1.54) is 17.9 Å². The molecule has 0 fully saturated rings. The predicted molar refractivity (Wildman–Crippen MR) is 66.7 cm³/mol. The normalized spacial score (nSPS) is 10.3. The van der Waals surface area contributed by atoms with E-state index in [0.29, 0.717) is 6.54 Å². The molecule has 18 heavy (non-hydrogen) atoms. The fraction of sp³-hybridized carbons (Fsp3) is 0.231. The Labute approximate surface area is 104 Å². The van der Waals surface area contributed by atoms with Gasteiger partial charge in [-0.05, 0) is 12.5 Å². The average Bonchev–Trinajstić information content (AvgIpc) is 2.72. The number of hydrogen-bond acceptors (Lipinski definition) is 3. The molecule has 0 spiro atoms. The Morgan fingerprint density at radius 2 is 2.00 bits per heavy atom. The number of hydrogen-bond donors (Lipinski definition) is 1. The molecule has 0 bridgehead atoms. The van der Waals surface area contributed by atoms with Crippen molar-refractivity contribution < 1.29 is 9.53 Å². The van der Waals surface area contributed by atoms with Crippen molar-refractivity contribution in [1.82, 2.24) is 9.78 Å². The van der Waals surface area contributed by atoms with Gasteiger partial charge in [-0.3, -0.25) is 14.6 Å². The number of aromatic nitrogens is 2. The van der Waals surface area contributed by atoms with Crippen LogP contribution in [-0.2, 0) is 11.3 Å². The minimum atomic E-state index is -0.527. The van der Waals surface area contributed by atoms with Crippen molar-refractivity contribution in [3.8, 4) is 0 Å². The van der Waals surface area contributed by atoms with Gasteiger partial charge in [0.1, 0.15) is 5.69 Å². The van der Waals surface area contributed by atoms with Crippen LogP contribution < -0.4 is 5.56 Å². The number of aryl methyl sites for hydroxylation is 1. The summed E-state index contributed by atoms with van der Waals surface area (Å²) in [7, 11) is 1.29. The molecule has 2 rings (SSSR count). The molecule has 2 aromatic rings. The molecule has 0 aliphatic heterocycles. The van der Waals surface area contributed by atoms with Gasteiger partial charge in [-0.2, -0.15) is 0 Å². The summed E-state index contributed by atoms with van der Waals surface area (Å²) in [6, 6.07) is 9.10. The quantitative estimate of drug-likeness (QED) is 0.831. The van der Waals surface area contributed by atoms with Gasteiger partial charge in [-0.15, -0.1) is 0 Å². The fourth-order valence-corrected chi connectivity index (χ4v) is 1.70. The largest absolute Gasteiger partial charge is 0.464 e. The van der Waals surface area contributed by atoms with Crippen molar-refractivity contribution in [1.29, 1.82) is 0 Å². The predicted octanol–water partition coefficient (Wildman–Crippen LogP) is 1.32. The van der Waals surface area contributed by atoms with Crippen LogP contribution in [0.2, 0.25) is 0 Å². The molecule has 1 aromatic carbocycles. The van der Waals surface area contributed by atoms with Crippen LogP contribution in [-0.4, -0.2) is 22.9 Å². The average molecular weight is 246 g/mol. The molecule has 0 radical (unpaired) electrons. The number of ether oxygens (including phenoxy) is 1. The van der Waals surface area contributed by atoms with Crippen LogP contribution in [0.1, 0.15) is 21.6 Å². The van der Waals surface area contributed by atoms with Gasteiger partial charge in [0.05, 0.1) is 13.7 Å². The third-order valence-electron chi connectivity index (χ3n) is 2.66. The highest BCUT2D eigenvalue weighted by atomic mass is 16.5. The second kappa shape index (κ2) is 4.91. The third-order valence-corrected chi connectivity index (χ3v) is 2.66. The summed E-state index contributed by atoms with van der Waals surface area (Å²) < 4.78 is 6.11. The third kappa shape index (κ3) is 2.51. The van der Waals surface area contributed by atoms with Gasteiger partial charge in [-0.1, -0.05) is 29.8 Å². The van der Waals surface area contributed by atoms with Crippen LogP contribution in [0.15, 0.2) is 35.1 Å². The van der Waals surface area contributed by atoms with E-state index in [9.17, 15) is 9.59 Å². The van der Waals surface area contributed by atoms with Gasteiger partial charge in [0, 0.05) is 6.07 Å². The maximum absolute atomic E-state index is 11.5. The van der Waals surface area contributed by atoms with Gasteiger partial charge in [0.25, 0.3) is 5.56 Å². The summed E-state index contributed by atoms with van der Waals surface area (Å²) in [6.07, 6.45) is 0. The van der Waals surface area contributed by atoms with E-state index in [4.69, 9.17) is 0 Å². The Morgan fingerprint density at radius 1 is 1.33 bits per heavy atom. The Bertz CT molecular complexity index is 608. The number of esters is 1. The first kappa shape index (κ1) is 12.2. The summed E-state index contributed by atoms with van der Waals surface area (Å²) >= 11 is 0. The Morgan fingerprint density at radius 3 is 2.61 bits per heavy atom. The van der Waals surface area contributed by atoms with E-state index in [-0.39, 0.29) is 11.3 Å². The van der Waals surface area contributed by atoms with Crippen molar-refractivity contribution in [2.24, 2.45) is 0 Å². The molecule has 0 saturated heterocycles. The molecule has 1 N–H and O–H groups in total. The molecule has 0 atom stereocenters. The van der Waals surface area contributed by atoms with Crippen LogP contribution in [0, 0.1) is 6.92 Å². The number of aromatic amines is 1. The molecule has 0 unspecified atom stereocenters. The fourth-order valence-electron chi connectivity index (χ4n) is 1.70. The maximum Gasteiger partial charge on any atom is 0.356 e. The lowest BCUT2D eigenvalue weighted by Gasteiger charge is -2.07. The van der Waals surface area contributed by atoms with Crippen molar-refractivity contribution in [2.75, 3.05) is 7.11 Å². The van der Waals surface area contributed by atoms with Gasteiger partial charge < -0.3 is 4.74 Å². The maximum atomic E-state index is 11.5. The van der Waals surface area contributed by atoms with Gasteiger partial charge in [-0.25, -0.2) is 4.79 Å². The smallest absolute Gasteiger partial charge is 0.356 e. The van der Waals surface area contributed by atoms with E-state index in [0.717, 1.165) is 11.1 Å². The summed E-state index contributed by atoms with van der Waals surface area (Å²) in [4.78, 5) is 22.8. The molecule has 1 aromatic heterocycles. The molecule has 1 heterocycles. The summed E-state index contributed by atoms with van der Waals surface area (Å²) in [5.74, 6) is -0.527. The van der Waals surface area contributed by atoms with Crippen molar-refractivity contribution in [3.05, 3.63) is 57.5 Å². The topological polar surface area (TPSA) is 64.1 Å². The molecule has 0 saturated carbocycles. The SMILES string of the molecule is COC(=O)c1cc(=O)[nH]n1Cc1ccc(C)cc1. The van der Waals surface area contributed by atoms with E-state index in [2.05, 4.69) is 9.84 Å². The Hall–Kier alpha value is -2.30. The zero-order chi connectivity index (χ0) is 13.1. The number of carbonyl (C=O) groups excluding carboxylic acids is 1. The van der Waals surface area contributed by atoms with Crippen LogP contribution in [0.3, 0.4) is 0 Å². The lowest BCUT2D eigenvalue weighted by atomic mass is 10.1. The van der Waals surface area contributed by atoms with E-state index in [1.54, 1.807) is 0 Å². The van der Waals surface area contributed by atoms with Crippen molar-refractivity contribution in [3.63, 3.8) is 0 Å². The monoisotopic (exact) mass is 246 g/mol. The van der Waals surface area contributed by atoms with E-state index < -0.39 is 5.97 Å². The first-order chi connectivity index (χ1) is 8.60. The summed E-state index contributed by atoms with van der Waals surface area (Å²) in [6.45, 7) is 2.42. The first-order valence-electron chi connectivity index (χ1n) is 5.54. The van der Waals surface area contributed by atoms with Crippen molar-refractivity contribution >= 4 is 5.97 Å². The Kier molecular flexibility index (Phi) is 3.32. The van der Waals surface area contributed by atoms with Crippen LogP contribution in [0.25, 0.3) is 0 Å². The number of nitrogens with one attached hydrogen (secondary N) is 1. The van der Waals surface area contributed by atoms with Gasteiger partial charge in [0.2, 0.25) is 0 Å². The lowest BCUT2D eigenvalue weighted by Crippen LogP contribution is -2.13. The second-order valence-electron chi connectivity index (χ2n) is 4.07. The Balaban J connectivity index is 2.31. The number of methoxy groups -OCH3 is 1. The van der Waals surface area contributed by atoms with E-state index >= 15 is 0 Å². The molecule has 0 amide bonds. The summed E-state index contributed by atoms with van der Waals surface area (Å²) in [5.41, 5.74) is 2.07. The molecule has 94 valence electrons. The molecule has 5 heteroatoms. The van der Waals surface area contributed by atoms with E-state index in [1.807, 2.05) is 31.2 Å². The number of nitrogens with zero attached hydrogens (tertiary/aromatic N) is 1. The minimum absolute atomic E-state index is 0.225. The van der Waals surface area contributed by atoms with Gasteiger partial charge >= 0.3 is 5.97 Å². The molecular weight excluding hydrogens is 232 g/mol. The van der Waals surface area contributed by atoms with Crippen molar-refractivity contribution in [2.45, 2.75) is 13.5 Å². The van der Waals surface area contributed by atoms with Crippen LogP contribution in [0.4, 0.5) is 0 Å². The number of rotatable bonds is 3. The molecule has 0 aliphatic rings. The first-order valence-corrected chi connectivity index (χ1v) is 5.54. The lowest BCUT2D eigenvalue weighted by molar-refractivity contribution is 0.0587.